The molecule has 2 aromatic carbocycles. The zero-order valence-corrected chi connectivity index (χ0v) is 11.3. The lowest BCUT2D eigenvalue weighted by molar-refractivity contribution is -0.137. The summed E-state index contributed by atoms with van der Waals surface area (Å²) >= 11 is 0. The molecule has 22 heavy (non-hydrogen) atoms. The number of allylic oxidation sites excluding steroid dienone is 1. The van der Waals surface area contributed by atoms with Crippen molar-refractivity contribution in [2.45, 2.75) is 12.6 Å². The fraction of sp³-hybridized carbons (Fsp3) is 0.118. The van der Waals surface area contributed by atoms with Crippen LogP contribution in [0.2, 0.25) is 0 Å². The number of aromatic hydroxyl groups is 1. The molecule has 0 saturated carbocycles. The lowest BCUT2D eigenvalue weighted by atomic mass is 10.0. The maximum atomic E-state index is 13.0. The highest BCUT2D eigenvalue weighted by Gasteiger charge is 2.33. The number of carbonyl (C=O) groups excluding carboxylic acids is 1. The molecule has 0 bridgehead atoms. The zero-order chi connectivity index (χ0) is 15.9. The summed E-state index contributed by atoms with van der Waals surface area (Å²) in [6.07, 6.45) is -2.97. The summed E-state index contributed by atoms with van der Waals surface area (Å²) in [5, 5.41) is 9.43. The molecule has 0 saturated heterocycles. The van der Waals surface area contributed by atoms with Crippen LogP contribution in [-0.4, -0.2) is 10.9 Å². The molecule has 1 aliphatic rings. The van der Waals surface area contributed by atoms with Crippen molar-refractivity contribution < 1.29 is 23.1 Å². The number of hydrogen-bond donors (Lipinski definition) is 1. The summed E-state index contributed by atoms with van der Waals surface area (Å²) in [5.41, 5.74) is 0.538. The summed E-state index contributed by atoms with van der Waals surface area (Å²) in [6, 6.07) is 9.49. The summed E-state index contributed by atoms with van der Waals surface area (Å²) in [4.78, 5) is 12.2. The van der Waals surface area contributed by atoms with Crippen LogP contribution in [0.15, 0.2) is 48.0 Å². The predicted octanol–water partition coefficient (Wildman–Crippen LogP) is 4.23. The van der Waals surface area contributed by atoms with E-state index in [1.165, 1.54) is 42.5 Å². The second-order valence-corrected chi connectivity index (χ2v) is 5.10. The van der Waals surface area contributed by atoms with E-state index in [2.05, 4.69) is 0 Å². The first kappa shape index (κ1) is 14.4. The number of Topliss-reactive ketones (excluding diaryl/α,β-unsaturated/α-hetero) is 1. The molecule has 1 N–H and O–H groups in total. The number of phenolic OH excluding ortho intramolecular Hbond substituents is 1. The number of fused-ring (bicyclic) bond motifs is 1. The Morgan fingerprint density at radius 3 is 2.55 bits per heavy atom. The molecule has 5 heteroatoms. The van der Waals surface area contributed by atoms with E-state index in [1.807, 2.05) is 0 Å². The fourth-order valence-electron chi connectivity index (χ4n) is 2.59. The van der Waals surface area contributed by atoms with Gasteiger partial charge >= 0.3 is 6.18 Å². The van der Waals surface area contributed by atoms with Gasteiger partial charge in [-0.3, -0.25) is 4.79 Å². The van der Waals surface area contributed by atoms with Gasteiger partial charge in [-0.25, -0.2) is 0 Å². The highest BCUT2D eigenvalue weighted by atomic mass is 19.4. The topological polar surface area (TPSA) is 37.3 Å². The van der Waals surface area contributed by atoms with Crippen LogP contribution in [0.25, 0.3) is 6.08 Å². The van der Waals surface area contributed by atoms with Gasteiger partial charge in [0.1, 0.15) is 5.75 Å². The van der Waals surface area contributed by atoms with E-state index >= 15 is 0 Å². The van der Waals surface area contributed by atoms with Gasteiger partial charge in [-0.15, -0.1) is 0 Å². The van der Waals surface area contributed by atoms with Crippen molar-refractivity contribution in [3.05, 3.63) is 70.3 Å². The molecule has 0 unspecified atom stereocenters. The van der Waals surface area contributed by atoms with Gasteiger partial charge in [0, 0.05) is 17.6 Å². The minimum absolute atomic E-state index is 0.0310. The normalized spacial score (nSPS) is 16.1. The SMILES string of the molecule is O=C1C(=Cc2ccccc2C(F)(F)F)Cc2cc(O)ccc21. The Labute approximate surface area is 124 Å². The Balaban J connectivity index is 2.04. The van der Waals surface area contributed by atoms with Crippen molar-refractivity contribution in [3.63, 3.8) is 0 Å². The minimum Gasteiger partial charge on any atom is -0.508 e. The Morgan fingerprint density at radius 1 is 1.09 bits per heavy atom. The third kappa shape index (κ3) is 2.50. The summed E-state index contributed by atoms with van der Waals surface area (Å²) in [5.74, 6) is -0.268. The second-order valence-electron chi connectivity index (χ2n) is 5.10. The van der Waals surface area contributed by atoms with Crippen molar-refractivity contribution in [2.24, 2.45) is 0 Å². The summed E-state index contributed by atoms with van der Waals surface area (Å²) in [7, 11) is 0. The van der Waals surface area contributed by atoms with Gasteiger partial charge in [-0.1, -0.05) is 18.2 Å². The molecule has 2 nitrogen and oxygen atoms in total. The number of benzene rings is 2. The van der Waals surface area contributed by atoms with Crippen LogP contribution >= 0.6 is 0 Å². The highest BCUT2D eigenvalue weighted by Crippen LogP contribution is 2.35. The highest BCUT2D eigenvalue weighted by molar-refractivity contribution is 6.15. The van der Waals surface area contributed by atoms with Gasteiger partial charge < -0.3 is 5.11 Å². The number of ketones is 1. The molecule has 0 aromatic heterocycles. The largest absolute Gasteiger partial charge is 0.508 e. The molecule has 112 valence electrons. The lowest BCUT2D eigenvalue weighted by Crippen LogP contribution is -2.07. The molecule has 0 radical (unpaired) electrons. The number of halogens is 3. The van der Waals surface area contributed by atoms with Crippen LogP contribution in [0.5, 0.6) is 5.75 Å². The van der Waals surface area contributed by atoms with E-state index in [9.17, 15) is 23.1 Å². The molecule has 0 amide bonds. The van der Waals surface area contributed by atoms with Crippen LogP contribution in [0.1, 0.15) is 27.0 Å². The first-order chi connectivity index (χ1) is 10.4. The second kappa shape index (κ2) is 5.02. The number of carbonyl (C=O) groups is 1. The molecular weight excluding hydrogens is 293 g/mol. The molecule has 0 atom stereocenters. The Morgan fingerprint density at radius 2 is 1.82 bits per heavy atom. The first-order valence-electron chi connectivity index (χ1n) is 6.59. The van der Waals surface area contributed by atoms with Gasteiger partial charge in [0.25, 0.3) is 0 Å². The van der Waals surface area contributed by atoms with Crippen molar-refractivity contribution >= 4 is 11.9 Å². The van der Waals surface area contributed by atoms with Gasteiger partial charge in [0.05, 0.1) is 5.56 Å². The fourth-order valence-corrected chi connectivity index (χ4v) is 2.59. The zero-order valence-electron chi connectivity index (χ0n) is 11.3. The molecule has 3 rings (SSSR count). The minimum atomic E-state index is -4.47. The van der Waals surface area contributed by atoms with E-state index in [1.54, 1.807) is 0 Å². The average molecular weight is 304 g/mol. The molecular formula is C17H11F3O2. The number of rotatable bonds is 1. The Bertz CT molecular complexity index is 789. The monoisotopic (exact) mass is 304 g/mol. The summed E-state index contributed by atoms with van der Waals surface area (Å²) < 4.78 is 39.0. The van der Waals surface area contributed by atoms with Gasteiger partial charge in [0.2, 0.25) is 0 Å². The number of phenols is 1. The molecule has 2 aromatic rings. The van der Waals surface area contributed by atoms with E-state index in [0.29, 0.717) is 11.1 Å². The van der Waals surface area contributed by atoms with Crippen LogP contribution in [-0.2, 0) is 12.6 Å². The van der Waals surface area contributed by atoms with Crippen LogP contribution in [0.4, 0.5) is 13.2 Å². The Hall–Kier alpha value is -2.56. The maximum absolute atomic E-state index is 13.0. The van der Waals surface area contributed by atoms with Crippen molar-refractivity contribution in [1.82, 2.24) is 0 Å². The van der Waals surface area contributed by atoms with Gasteiger partial charge in [-0.05, 0) is 41.5 Å². The van der Waals surface area contributed by atoms with Crippen LogP contribution < -0.4 is 0 Å². The lowest BCUT2D eigenvalue weighted by Gasteiger charge is -2.10. The van der Waals surface area contributed by atoms with E-state index in [0.717, 1.165) is 6.07 Å². The van der Waals surface area contributed by atoms with E-state index in [4.69, 9.17) is 0 Å². The first-order valence-corrected chi connectivity index (χ1v) is 6.59. The number of hydrogen-bond acceptors (Lipinski definition) is 2. The Kier molecular flexibility index (Phi) is 3.28. The van der Waals surface area contributed by atoms with Crippen molar-refractivity contribution in [3.8, 4) is 5.75 Å². The molecule has 0 heterocycles. The molecule has 0 fully saturated rings. The predicted molar refractivity (Wildman–Crippen MR) is 75.6 cm³/mol. The molecule has 0 spiro atoms. The maximum Gasteiger partial charge on any atom is 0.416 e. The van der Waals surface area contributed by atoms with Crippen LogP contribution in [0.3, 0.4) is 0 Å². The van der Waals surface area contributed by atoms with E-state index in [-0.39, 0.29) is 29.1 Å². The van der Waals surface area contributed by atoms with Gasteiger partial charge in [-0.2, -0.15) is 13.2 Å². The van der Waals surface area contributed by atoms with Crippen LogP contribution in [0, 0.1) is 0 Å². The number of alkyl halides is 3. The van der Waals surface area contributed by atoms with Crippen molar-refractivity contribution in [1.29, 1.82) is 0 Å². The quantitative estimate of drug-likeness (QED) is 0.800. The third-order valence-corrected chi connectivity index (χ3v) is 3.60. The standard InChI is InChI=1S/C17H11F3O2/c18-17(19,20)15-4-2-1-3-10(15)7-12-8-11-9-13(21)5-6-14(11)16(12)22/h1-7,9,21H,8H2. The summed E-state index contributed by atoms with van der Waals surface area (Å²) in [6.45, 7) is 0. The molecule has 0 aliphatic heterocycles. The molecule has 1 aliphatic carbocycles. The third-order valence-electron chi connectivity index (χ3n) is 3.60. The van der Waals surface area contributed by atoms with Crippen molar-refractivity contribution in [2.75, 3.05) is 0 Å². The average Bonchev–Trinajstić information content (AvgIpc) is 2.74. The van der Waals surface area contributed by atoms with Gasteiger partial charge in [0.15, 0.2) is 5.78 Å². The smallest absolute Gasteiger partial charge is 0.416 e. The van der Waals surface area contributed by atoms with E-state index < -0.39 is 11.7 Å².